The van der Waals surface area contributed by atoms with Gasteiger partial charge in [0.25, 0.3) is 5.91 Å². The summed E-state index contributed by atoms with van der Waals surface area (Å²) in [7, 11) is 0. The van der Waals surface area contributed by atoms with Crippen LogP contribution in [-0.2, 0) is 11.3 Å². The third kappa shape index (κ3) is 5.75. The van der Waals surface area contributed by atoms with E-state index in [4.69, 9.17) is 28.2 Å². The molecule has 3 heterocycles. The second kappa shape index (κ2) is 11.7. The van der Waals surface area contributed by atoms with Crippen molar-refractivity contribution in [3.05, 3.63) is 94.0 Å². The highest BCUT2D eigenvalue weighted by atomic mass is 35.5. The van der Waals surface area contributed by atoms with Crippen LogP contribution in [0.15, 0.2) is 78.0 Å². The van der Waals surface area contributed by atoms with E-state index < -0.39 is 0 Å². The molecule has 41 heavy (non-hydrogen) atoms. The van der Waals surface area contributed by atoms with Crippen LogP contribution in [0.25, 0.3) is 22.1 Å². The Labute approximate surface area is 251 Å². The fraction of sp³-hybridized carbons (Fsp3) is 0.233. The van der Waals surface area contributed by atoms with Gasteiger partial charge in [0, 0.05) is 53.2 Å². The van der Waals surface area contributed by atoms with Gasteiger partial charge in [0.15, 0.2) is 5.65 Å². The molecule has 0 aliphatic carbocycles. The van der Waals surface area contributed by atoms with Crippen molar-refractivity contribution in [2.75, 3.05) is 25.4 Å². The predicted molar refractivity (Wildman–Crippen MR) is 163 cm³/mol. The molecule has 208 valence electrons. The zero-order valence-corrected chi connectivity index (χ0v) is 24.5. The van der Waals surface area contributed by atoms with Gasteiger partial charge in [-0.1, -0.05) is 65.3 Å². The number of halogens is 2. The average Bonchev–Trinajstić information content (AvgIpc) is 3.28. The van der Waals surface area contributed by atoms with Crippen molar-refractivity contribution >= 4 is 68.8 Å². The van der Waals surface area contributed by atoms with Crippen molar-refractivity contribution in [2.45, 2.75) is 24.7 Å². The standard InChI is InChI=1S/C30H26Cl2N6O2S/c1-19-16-36(13-14-37(19)29(40)21-9-11-22(31)12-10-21)26(39)18-41-30-33-28-27(34-35-30)24-7-2-3-8-25(24)38(28)17-20-5-4-6-23(32)15-20/h2-12,15,19H,13-14,16-18H2,1H3. The molecule has 1 fully saturated rings. The topological polar surface area (TPSA) is 84.2 Å². The highest BCUT2D eigenvalue weighted by molar-refractivity contribution is 7.99. The first-order valence-corrected chi connectivity index (χ1v) is 14.9. The molecule has 0 spiro atoms. The maximum absolute atomic E-state index is 13.1. The first-order valence-electron chi connectivity index (χ1n) is 13.2. The zero-order valence-electron chi connectivity index (χ0n) is 22.2. The van der Waals surface area contributed by atoms with Crippen LogP contribution in [0.3, 0.4) is 0 Å². The molecule has 8 nitrogen and oxygen atoms in total. The largest absolute Gasteiger partial charge is 0.338 e. The summed E-state index contributed by atoms with van der Waals surface area (Å²) < 4.78 is 2.11. The number of amides is 2. The molecule has 1 atom stereocenters. The Morgan fingerprint density at radius 3 is 2.54 bits per heavy atom. The van der Waals surface area contributed by atoms with Gasteiger partial charge < -0.3 is 14.4 Å². The average molecular weight is 606 g/mol. The van der Waals surface area contributed by atoms with Crippen molar-refractivity contribution in [3.8, 4) is 0 Å². The third-order valence-electron chi connectivity index (χ3n) is 7.24. The lowest BCUT2D eigenvalue weighted by Crippen LogP contribution is -2.55. The van der Waals surface area contributed by atoms with Gasteiger partial charge in [-0.15, -0.1) is 10.2 Å². The SMILES string of the molecule is CC1CN(C(=O)CSc2nnc3c4ccccc4n(Cc4cccc(Cl)c4)c3n2)CCN1C(=O)c1ccc(Cl)cc1. The van der Waals surface area contributed by atoms with Crippen molar-refractivity contribution in [2.24, 2.45) is 0 Å². The van der Waals surface area contributed by atoms with Crippen LogP contribution >= 0.6 is 35.0 Å². The van der Waals surface area contributed by atoms with Gasteiger partial charge in [0.05, 0.1) is 11.3 Å². The molecule has 0 radical (unpaired) electrons. The van der Waals surface area contributed by atoms with E-state index in [-0.39, 0.29) is 23.6 Å². The number of rotatable bonds is 6. The van der Waals surface area contributed by atoms with Crippen LogP contribution in [0.4, 0.5) is 0 Å². The summed E-state index contributed by atoms with van der Waals surface area (Å²) >= 11 is 13.5. The van der Waals surface area contributed by atoms with Crippen molar-refractivity contribution < 1.29 is 9.59 Å². The molecule has 1 aliphatic heterocycles. The summed E-state index contributed by atoms with van der Waals surface area (Å²) in [6.07, 6.45) is 0. The number of nitrogens with zero attached hydrogens (tertiary/aromatic N) is 6. The maximum Gasteiger partial charge on any atom is 0.254 e. The first kappa shape index (κ1) is 27.5. The quantitative estimate of drug-likeness (QED) is 0.228. The third-order valence-corrected chi connectivity index (χ3v) is 8.55. The second-order valence-electron chi connectivity index (χ2n) is 9.98. The Hall–Kier alpha value is -3.66. The summed E-state index contributed by atoms with van der Waals surface area (Å²) in [6.45, 7) is 3.93. The number of para-hydroxylation sites is 1. The lowest BCUT2D eigenvalue weighted by Gasteiger charge is -2.40. The Morgan fingerprint density at radius 2 is 1.76 bits per heavy atom. The van der Waals surface area contributed by atoms with Gasteiger partial charge in [-0.05, 0) is 55.0 Å². The van der Waals surface area contributed by atoms with Crippen molar-refractivity contribution in [1.29, 1.82) is 0 Å². The lowest BCUT2D eigenvalue weighted by molar-refractivity contribution is -0.130. The number of aromatic nitrogens is 4. The number of piperazine rings is 1. The molecule has 11 heteroatoms. The molecule has 5 aromatic rings. The summed E-state index contributed by atoms with van der Waals surface area (Å²) in [5.74, 6) is 0.0970. The molecule has 1 aliphatic rings. The molecule has 0 saturated carbocycles. The number of carbonyl (C=O) groups excluding carboxylic acids is 2. The molecule has 0 bridgehead atoms. The highest BCUT2D eigenvalue weighted by Crippen LogP contribution is 2.28. The predicted octanol–water partition coefficient (Wildman–Crippen LogP) is 5.80. The minimum absolute atomic E-state index is 0.0244. The van der Waals surface area contributed by atoms with Gasteiger partial charge >= 0.3 is 0 Å². The number of thioether (sulfide) groups is 1. The molecular weight excluding hydrogens is 579 g/mol. The number of fused-ring (bicyclic) bond motifs is 3. The molecular formula is C30H26Cl2N6O2S. The normalized spacial score (nSPS) is 15.5. The number of hydrogen-bond donors (Lipinski definition) is 0. The Balaban J connectivity index is 1.15. The van der Waals surface area contributed by atoms with E-state index in [1.807, 2.05) is 55.5 Å². The summed E-state index contributed by atoms with van der Waals surface area (Å²) in [5.41, 5.74) is 4.06. The minimum atomic E-state index is -0.114. The van der Waals surface area contributed by atoms with Gasteiger partial charge in [0.2, 0.25) is 11.1 Å². The van der Waals surface area contributed by atoms with Crippen LogP contribution in [0.5, 0.6) is 0 Å². The van der Waals surface area contributed by atoms with Gasteiger partial charge in [0.1, 0.15) is 5.52 Å². The fourth-order valence-corrected chi connectivity index (χ4v) is 6.21. The Bertz CT molecular complexity index is 1760. The smallest absolute Gasteiger partial charge is 0.254 e. The summed E-state index contributed by atoms with van der Waals surface area (Å²) in [6, 6.07) is 22.5. The van der Waals surface area contributed by atoms with E-state index in [9.17, 15) is 9.59 Å². The van der Waals surface area contributed by atoms with E-state index >= 15 is 0 Å². The van der Waals surface area contributed by atoms with Crippen molar-refractivity contribution in [1.82, 2.24) is 29.5 Å². The molecule has 1 unspecified atom stereocenters. The molecule has 3 aromatic carbocycles. The molecule has 6 rings (SSSR count). The molecule has 1 saturated heterocycles. The number of hydrogen-bond acceptors (Lipinski definition) is 6. The second-order valence-corrected chi connectivity index (χ2v) is 11.8. The number of carbonyl (C=O) groups is 2. The summed E-state index contributed by atoms with van der Waals surface area (Å²) in [5, 5.41) is 11.5. The van der Waals surface area contributed by atoms with E-state index in [1.54, 1.807) is 34.1 Å². The monoisotopic (exact) mass is 604 g/mol. The minimum Gasteiger partial charge on any atom is -0.338 e. The zero-order chi connectivity index (χ0) is 28.5. The van der Waals surface area contributed by atoms with E-state index in [1.165, 1.54) is 11.8 Å². The first-order chi connectivity index (χ1) is 19.9. The van der Waals surface area contributed by atoms with Crippen LogP contribution in [0.2, 0.25) is 10.0 Å². The van der Waals surface area contributed by atoms with Crippen LogP contribution in [-0.4, -0.2) is 72.8 Å². The van der Waals surface area contributed by atoms with E-state index in [2.05, 4.69) is 14.8 Å². The maximum atomic E-state index is 13.1. The Kier molecular flexibility index (Phi) is 7.84. The van der Waals surface area contributed by atoms with Crippen LogP contribution in [0, 0.1) is 0 Å². The van der Waals surface area contributed by atoms with Gasteiger partial charge in [-0.25, -0.2) is 4.98 Å². The van der Waals surface area contributed by atoms with Crippen LogP contribution < -0.4 is 0 Å². The fourth-order valence-electron chi connectivity index (χ4n) is 5.19. The van der Waals surface area contributed by atoms with E-state index in [0.717, 1.165) is 16.5 Å². The highest BCUT2D eigenvalue weighted by Gasteiger charge is 2.30. The number of benzene rings is 3. The summed E-state index contributed by atoms with van der Waals surface area (Å²) in [4.78, 5) is 34.5. The van der Waals surface area contributed by atoms with Crippen LogP contribution in [0.1, 0.15) is 22.8 Å². The molecule has 2 amide bonds. The molecule has 0 N–H and O–H groups in total. The molecule has 2 aromatic heterocycles. The van der Waals surface area contributed by atoms with Gasteiger partial charge in [-0.3, -0.25) is 9.59 Å². The Morgan fingerprint density at radius 1 is 0.951 bits per heavy atom. The van der Waals surface area contributed by atoms with Gasteiger partial charge in [-0.2, -0.15) is 0 Å². The van der Waals surface area contributed by atoms with E-state index in [0.29, 0.717) is 58.1 Å². The van der Waals surface area contributed by atoms with Crippen molar-refractivity contribution in [3.63, 3.8) is 0 Å². The lowest BCUT2D eigenvalue weighted by atomic mass is 10.1.